The molecule has 0 saturated heterocycles. The predicted octanol–water partition coefficient (Wildman–Crippen LogP) is 5.06. The van der Waals surface area contributed by atoms with E-state index in [1.807, 2.05) is 29.6 Å². The first-order valence-electron chi connectivity index (χ1n) is 10.5. The molecule has 1 aromatic heterocycles. The summed E-state index contributed by atoms with van der Waals surface area (Å²) in [6.45, 7) is 2.69. The van der Waals surface area contributed by atoms with Gasteiger partial charge in [0.15, 0.2) is 0 Å². The molecule has 1 heterocycles. The number of thiazole rings is 1. The standard InChI is InChI=1S/C23H28N2O2S/c1-15(23-9-16-6-17(10-23)8-18(7-16)11-23)25-22(26)19-2-4-21(5-3-19)27-12-20-13-28-14-24-20/h2-5,13-18H,6-12H2,1H3,(H,25,26). The lowest BCUT2D eigenvalue weighted by Gasteiger charge is -2.59. The Kier molecular flexibility index (Phi) is 4.66. The summed E-state index contributed by atoms with van der Waals surface area (Å²) in [5, 5.41) is 5.32. The fourth-order valence-corrected chi connectivity index (χ4v) is 6.85. The van der Waals surface area contributed by atoms with Crippen LogP contribution in [-0.4, -0.2) is 16.9 Å². The molecule has 4 aliphatic carbocycles. The Morgan fingerprint density at radius 1 is 1.18 bits per heavy atom. The molecule has 6 rings (SSSR count). The third-order valence-electron chi connectivity index (χ3n) is 7.34. The summed E-state index contributed by atoms with van der Waals surface area (Å²) < 4.78 is 5.74. The Morgan fingerprint density at radius 3 is 2.39 bits per heavy atom. The number of carbonyl (C=O) groups is 1. The molecule has 28 heavy (non-hydrogen) atoms. The van der Waals surface area contributed by atoms with Gasteiger partial charge in [0.1, 0.15) is 12.4 Å². The van der Waals surface area contributed by atoms with Gasteiger partial charge in [0.05, 0.1) is 11.2 Å². The van der Waals surface area contributed by atoms with Crippen LogP contribution in [-0.2, 0) is 6.61 Å². The fraction of sp³-hybridized carbons (Fsp3) is 0.565. The molecule has 0 spiro atoms. The van der Waals surface area contributed by atoms with Gasteiger partial charge in [0, 0.05) is 17.0 Å². The first-order valence-corrected chi connectivity index (χ1v) is 11.4. The minimum atomic E-state index is 0.0364. The third kappa shape index (κ3) is 3.45. The van der Waals surface area contributed by atoms with Gasteiger partial charge in [-0.2, -0.15) is 0 Å². The number of ether oxygens (including phenoxy) is 1. The van der Waals surface area contributed by atoms with Crippen molar-refractivity contribution in [3.05, 3.63) is 46.4 Å². The molecule has 1 aromatic carbocycles. The Morgan fingerprint density at radius 2 is 1.82 bits per heavy atom. The van der Waals surface area contributed by atoms with Gasteiger partial charge < -0.3 is 10.1 Å². The van der Waals surface area contributed by atoms with E-state index in [1.165, 1.54) is 38.5 Å². The van der Waals surface area contributed by atoms with Gasteiger partial charge in [-0.1, -0.05) is 0 Å². The van der Waals surface area contributed by atoms with Crippen LogP contribution in [0.5, 0.6) is 5.75 Å². The number of aromatic nitrogens is 1. The maximum Gasteiger partial charge on any atom is 0.251 e. The van der Waals surface area contributed by atoms with Crippen LogP contribution in [0.3, 0.4) is 0 Å². The average Bonchev–Trinajstić information content (AvgIpc) is 3.19. The van der Waals surface area contributed by atoms with E-state index < -0.39 is 0 Å². The summed E-state index contributed by atoms with van der Waals surface area (Å²) in [5.41, 5.74) is 3.77. The smallest absolute Gasteiger partial charge is 0.251 e. The van der Waals surface area contributed by atoms with Gasteiger partial charge in [0.2, 0.25) is 0 Å². The van der Waals surface area contributed by atoms with E-state index >= 15 is 0 Å². The van der Waals surface area contributed by atoms with E-state index in [0.29, 0.717) is 17.6 Å². The van der Waals surface area contributed by atoms with E-state index in [9.17, 15) is 4.79 Å². The zero-order valence-corrected chi connectivity index (χ0v) is 17.2. The number of carbonyl (C=O) groups excluding carboxylic acids is 1. The molecular formula is C23H28N2O2S. The quantitative estimate of drug-likeness (QED) is 0.743. The van der Waals surface area contributed by atoms with E-state index in [2.05, 4.69) is 17.2 Å². The number of hydrogen-bond acceptors (Lipinski definition) is 4. The molecule has 4 bridgehead atoms. The maximum atomic E-state index is 12.8. The van der Waals surface area contributed by atoms with Crippen molar-refractivity contribution in [2.45, 2.75) is 58.1 Å². The van der Waals surface area contributed by atoms with Crippen molar-refractivity contribution in [2.75, 3.05) is 0 Å². The van der Waals surface area contributed by atoms with Gasteiger partial charge in [-0.15, -0.1) is 11.3 Å². The minimum Gasteiger partial charge on any atom is -0.487 e. The van der Waals surface area contributed by atoms with Crippen molar-refractivity contribution < 1.29 is 9.53 Å². The predicted molar refractivity (Wildman–Crippen MR) is 110 cm³/mol. The van der Waals surface area contributed by atoms with E-state index in [4.69, 9.17) is 4.74 Å². The third-order valence-corrected chi connectivity index (χ3v) is 7.97. The lowest BCUT2D eigenvalue weighted by Crippen LogP contribution is -2.55. The zero-order chi connectivity index (χ0) is 19.1. The summed E-state index contributed by atoms with van der Waals surface area (Å²) in [7, 11) is 0. The molecule has 1 unspecified atom stereocenters. The van der Waals surface area contributed by atoms with Crippen LogP contribution in [0.1, 0.15) is 61.5 Å². The number of hydrogen-bond donors (Lipinski definition) is 1. The second kappa shape index (κ2) is 7.18. The molecular weight excluding hydrogens is 368 g/mol. The van der Waals surface area contributed by atoms with Crippen molar-refractivity contribution in [3.8, 4) is 5.75 Å². The highest BCUT2D eigenvalue weighted by atomic mass is 32.1. The highest BCUT2D eigenvalue weighted by Crippen LogP contribution is 2.61. The van der Waals surface area contributed by atoms with Crippen LogP contribution in [0, 0.1) is 23.2 Å². The lowest BCUT2D eigenvalue weighted by molar-refractivity contribution is -0.0688. The van der Waals surface area contributed by atoms with Gasteiger partial charge >= 0.3 is 0 Å². The summed E-state index contributed by atoms with van der Waals surface area (Å²) in [6, 6.07) is 7.71. The Balaban J connectivity index is 1.20. The molecule has 4 aliphatic rings. The maximum absolute atomic E-state index is 12.8. The molecule has 2 aromatic rings. The molecule has 4 saturated carbocycles. The van der Waals surface area contributed by atoms with Crippen molar-refractivity contribution in [3.63, 3.8) is 0 Å². The molecule has 148 valence electrons. The summed E-state index contributed by atoms with van der Waals surface area (Å²) in [5.74, 6) is 3.51. The highest BCUT2D eigenvalue weighted by Gasteiger charge is 2.53. The Bertz CT molecular complexity index is 796. The normalized spacial score (nSPS) is 31.5. The Hall–Kier alpha value is -1.88. The summed E-state index contributed by atoms with van der Waals surface area (Å²) in [4.78, 5) is 17.1. The fourth-order valence-electron chi connectivity index (χ4n) is 6.31. The Labute approximate surface area is 170 Å². The van der Waals surface area contributed by atoms with Crippen molar-refractivity contribution in [2.24, 2.45) is 23.2 Å². The van der Waals surface area contributed by atoms with E-state index in [0.717, 1.165) is 29.2 Å². The summed E-state index contributed by atoms with van der Waals surface area (Å²) in [6.07, 6.45) is 8.23. The molecule has 5 heteroatoms. The number of rotatable bonds is 6. The lowest BCUT2D eigenvalue weighted by atomic mass is 9.48. The summed E-state index contributed by atoms with van der Waals surface area (Å²) >= 11 is 1.56. The number of nitrogens with one attached hydrogen (secondary N) is 1. The molecule has 1 N–H and O–H groups in total. The van der Waals surface area contributed by atoms with Crippen LogP contribution in [0.4, 0.5) is 0 Å². The molecule has 1 amide bonds. The molecule has 4 fully saturated rings. The topological polar surface area (TPSA) is 51.2 Å². The molecule has 0 radical (unpaired) electrons. The van der Waals surface area contributed by atoms with Gasteiger partial charge in [-0.3, -0.25) is 4.79 Å². The number of nitrogens with zero attached hydrogens (tertiary/aromatic N) is 1. The van der Waals surface area contributed by atoms with Crippen LogP contribution in [0.2, 0.25) is 0 Å². The molecule has 0 aliphatic heterocycles. The van der Waals surface area contributed by atoms with Gasteiger partial charge in [-0.05, 0) is 92.9 Å². The van der Waals surface area contributed by atoms with E-state index in [1.54, 1.807) is 16.8 Å². The van der Waals surface area contributed by atoms with Crippen molar-refractivity contribution >= 4 is 17.2 Å². The number of benzene rings is 1. The monoisotopic (exact) mass is 396 g/mol. The van der Waals surface area contributed by atoms with Crippen LogP contribution in [0.25, 0.3) is 0 Å². The second-order valence-corrected chi connectivity index (χ2v) is 9.99. The number of amides is 1. The molecule has 1 atom stereocenters. The van der Waals surface area contributed by atoms with Gasteiger partial charge in [-0.25, -0.2) is 4.98 Å². The average molecular weight is 397 g/mol. The van der Waals surface area contributed by atoms with Crippen molar-refractivity contribution in [1.82, 2.24) is 10.3 Å². The second-order valence-electron chi connectivity index (χ2n) is 9.27. The van der Waals surface area contributed by atoms with Crippen LogP contribution < -0.4 is 10.1 Å². The van der Waals surface area contributed by atoms with E-state index in [-0.39, 0.29) is 11.9 Å². The largest absolute Gasteiger partial charge is 0.487 e. The molecule has 4 nitrogen and oxygen atoms in total. The first kappa shape index (κ1) is 18.2. The zero-order valence-electron chi connectivity index (χ0n) is 16.4. The van der Waals surface area contributed by atoms with Gasteiger partial charge in [0.25, 0.3) is 5.91 Å². The SMILES string of the molecule is CC(NC(=O)c1ccc(OCc2cscn2)cc1)C12CC3CC(CC(C3)C1)C2. The highest BCUT2D eigenvalue weighted by molar-refractivity contribution is 7.07. The minimum absolute atomic E-state index is 0.0364. The van der Waals surface area contributed by atoms with Crippen molar-refractivity contribution in [1.29, 1.82) is 0 Å². The first-order chi connectivity index (χ1) is 13.6. The van der Waals surface area contributed by atoms with Crippen LogP contribution in [0.15, 0.2) is 35.2 Å². The van der Waals surface area contributed by atoms with Crippen LogP contribution >= 0.6 is 11.3 Å².